The first-order valence-corrected chi connectivity index (χ1v) is 28.1. The lowest BCUT2D eigenvalue weighted by molar-refractivity contribution is -0.870. The summed E-state index contributed by atoms with van der Waals surface area (Å²) < 4.78 is 23.3. The fraction of sp³-hybridized carbons (Fsp3) is 0.942. The Morgan fingerprint density at radius 1 is 0.541 bits per heavy atom. The maximum absolute atomic E-state index is 12.7. The van der Waals surface area contributed by atoms with Gasteiger partial charge in [0, 0.05) is 6.42 Å². The van der Waals surface area contributed by atoms with Crippen LogP contribution in [0.15, 0.2) is 12.2 Å². The van der Waals surface area contributed by atoms with Gasteiger partial charge in [-0.1, -0.05) is 257 Å². The zero-order valence-corrected chi connectivity index (χ0v) is 42.3. The number of quaternary nitrogens is 1. The summed E-state index contributed by atoms with van der Waals surface area (Å²) >= 11 is 0. The van der Waals surface area contributed by atoms with Crippen molar-refractivity contribution in [3.05, 3.63) is 12.2 Å². The molecule has 8 nitrogen and oxygen atoms in total. The van der Waals surface area contributed by atoms with E-state index in [9.17, 15) is 19.4 Å². The lowest BCUT2D eigenvalue weighted by Gasteiger charge is -2.25. The van der Waals surface area contributed by atoms with E-state index in [1.54, 1.807) is 6.08 Å². The summed E-state index contributed by atoms with van der Waals surface area (Å²) in [4.78, 5) is 22.8. The number of allylic oxidation sites excluding steroid dienone is 1. The van der Waals surface area contributed by atoms with Crippen molar-refractivity contribution in [1.29, 1.82) is 0 Å². The molecule has 9 heteroatoms. The highest BCUT2D eigenvalue weighted by atomic mass is 31.2. The van der Waals surface area contributed by atoms with Crippen molar-refractivity contribution in [1.82, 2.24) is 5.32 Å². The Kier molecular flexibility index (Phi) is 43.9. The lowest BCUT2D eigenvalue weighted by Crippen LogP contribution is -2.45. The zero-order chi connectivity index (χ0) is 45.0. The second kappa shape index (κ2) is 44.4. The molecule has 3 atom stereocenters. The molecule has 0 bridgehead atoms. The van der Waals surface area contributed by atoms with Crippen LogP contribution in [0, 0.1) is 0 Å². The molecule has 0 saturated carbocycles. The summed E-state index contributed by atoms with van der Waals surface area (Å²) in [7, 11) is 1.58. The quantitative estimate of drug-likeness (QED) is 0.0243. The van der Waals surface area contributed by atoms with E-state index >= 15 is 0 Å². The molecule has 0 aromatic heterocycles. The molecule has 0 aliphatic carbocycles. The van der Waals surface area contributed by atoms with E-state index in [4.69, 9.17) is 9.05 Å². The van der Waals surface area contributed by atoms with Crippen molar-refractivity contribution in [2.24, 2.45) is 0 Å². The van der Waals surface area contributed by atoms with Gasteiger partial charge in [-0.3, -0.25) is 13.8 Å². The van der Waals surface area contributed by atoms with Crippen molar-refractivity contribution in [2.45, 2.75) is 276 Å². The molecule has 0 aromatic rings. The molecule has 0 aliphatic rings. The SMILES string of the molecule is CCC/C=C/C(O)C(COP(=O)(O)OCC[N+](C)(C)C)NC(=O)CCCCCCCCCCCCCCCCCCCCCCCCCCCCCCCCCCCCCC. The second-order valence-electron chi connectivity index (χ2n) is 19.6. The minimum absolute atomic E-state index is 0.0625. The number of carbonyl (C=O) groups excluding carboxylic acids is 1. The molecule has 364 valence electrons. The molecule has 0 fully saturated rings. The topological polar surface area (TPSA) is 105 Å². The first-order valence-electron chi connectivity index (χ1n) is 26.6. The van der Waals surface area contributed by atoms with Gasteiger partial charge in [-0.15, -0.1) is 0 Å². The third-order valence-electron chi connectivity index (χ3n) is 12.2. The molecule has 0 radical (unpaired) electrons. The Morgan fingerprint density at radius 3 is 1.18 bits per heavy atom. The average Bonchev–Trinajstić information content (AvgIpc) is 3.21. The van der Waals surface area contributed by atoms with Gasteiger partial charge in [0.25, 0.3) is 0 Å². The van der Waals surface area contributed by atoms with E-state index in [-0.39, 0.29) is 19.1 Å². The maximum Gasteiger partial charge on any atom is 0.472 e. The summed E-state index contributed by atoms with van der Waals surface area (Å²) in [6.07, 6.45) is 54.4. The van der Waals surface area contributed by atoms with Crippen LogP contribution in [0.25, 0.3) is 0 Å². The molecule has 0 spiro atoms. The van der Waals surface area contributed by atoms with Crippen molar-refractivity contribution in [2.75, 3.05) is 40.9 Å². The van der Waals surface area contributed by atoms with Crippen molar-refractivity contribution in [3.63, 3.8) is 0 Å². The zero-order valence-electron chi connectivity index (χ0n) is 41.4. The molecular formula is C52H106N2O6P+. The summed E-state index contributed by atoms with van der Waals surface area (Å²) in [5.41, 5.74) is 0. The van der Waals surface area contributed by atoms with Gasteiger partial charge in [-0.05, 0) is 12.8 Å². The van der Waals surface area contributed by atoms with E-state index in [1.807, 2.05) is 34.1 Å². The number of nitrogens with one attached hydrogen (secondary N) is 1. The van der Waals surface area contributed by atoms with Crippen molar-refractivity contribution >= 4 is 13.7 Å². The highest BCUT2D eigenvalue weighted by Gasteiger charge is 2.27. The Morgan fingerprint density at radius 2 is 0.869 bits per heavy atom. The average molecular weight is 886 g/mol. The predicted octanol–water partition coefficient (Wildman–Crippen LogP) is 15.5. The Hall–Kier alpha value is -0.760. The summed E-state index contributed by atoms with van der Waals surface area (Å²) in [5, 5.41) is 13.5. The van der Waals surface area contributed by atoms with Gasteiger partial charge in [0.1, 0.15) is 13.2 Å². The number of aliphatic hydroxyl groups excluding tert-OH is 1. The van der Waals surface area contributed by atoms with E-state index < -0.39 is 20.0 Å². The molecule has 0 aromatic carbocycles. The number of hydrogen-bond donors (Lipinski definition) is 3. The van der Waals surface area contributed by atoms with Crippen LogP contribution in [-0.2, 0) is 18.4 Å². The number of likely N-dealkylation sites (N-methyl/N-ethyl adjacent to an activating group) is 1. The first-order chi connectivity index (χ1) is 29.5. The van der Waals surface area contributed by atoms with Gasteiger partial charge < -0.3 is 19.8 Å². The van der Waals surface area contributed by atoms with E-state index in [0.717, 1.165) is 32.1 Å². The number of rotatable bonds is 49. The predicted molar refractivity (Wildman–Crippen MR) is 263 cm³/mol. The molecular weight excluding hydrogens is 780 g/mol. The molecule has 1 amide bonds. The van der Waals surface area contributed by atoms with Crippen LogP contribution in [0.2, 0.25) is 0 Å². The second-order valence-corrected chi connectivity index (χ2v) is 21.1. The van der Waals surface area contributed by atoms with Crippen LogP contribution in [-0.4, -0.2) is 73.4 Å². The van der Waals surface area contributed by atoms with Crippen LogP contribution in [0.5, 0.6) is 0 Å². The Bertz CT molecular complexity index is 1000. The van der Waals surface area contributed by atoms with Gasteiger partial charge in [0.2, 0.25) is 5.91 Å². The van der Waals surface area contributed by atoms with Gasteiger partial charge in [0.05, 0.1) is 39.9 Å². The van der Waals surface area contributed by atoms with E-state index in [0.29, 0.717) is 17.4 Å². The molecule has 0 heterocycles. The number of hydrogen-bond acceptors (Lipinski definition) is 5. The summed E-state index contributed by atoms with van der Waals surface area (Å²) in [6.45, 7) is 4.63. The third-order valence-corrected chi connectivity index (χ3v) is 13.2. The number of unbranched alkanes of at least 4 members (excludes halogenated alkanes) is 36. The minimum atomic E-state index is -4.31. The number of phosphoric ester groups is 1. The van der Waals surface area contributed by atoms with Crippen LogP contribution >= 0.6 is 7.82 Å². The van der Waals surface area contributed by atoms with Gasteiger partial charge in [-0.25, -0.2) is 4.57 Å². The van der Waals surface area contributed by atoms with Crippen LogP contribution in [0.3, 0.4) is 0 Å². The summed E-state index contributed by atoms with van der Waals surface area (Å²) in [6, 6.07) is -0.837. The van der Waals surface area contributed by atoms with Gasteiger partial charge in [0.15, 0.2) is 0 Å². The molecule has 3 unspecified atom stereocenters. The largest absolute Gasteiger partial charge is 0.472 e. The number of aliphatic hydroxyl groups is 1. The maximum atomic E-state index is 12.7. The van der Waals surface area contributed by atoms with Gasteiger partial charge >= 0.3 is 7.82 Å². The third kappa shape index (κ3) is 47.0. The monoisotopic (exact) mass is 886 g/mol. The Labute approximate surface area is 380 Å². The fourth-order valence-electron chi connectivity index (χ4n) is 8.05. The minimum Gasteiger partial charge on any atom is -0.387 e. The van der Waals surface area contributed by atoms with Crippen molar-refractivity contribution < 1.29 is 32.9 Å². The lowest BCUT2D eigenvalue weighted by atomic mass is 10.0. The standard InChI is InChI=1S/C52H105N2O6P/c1-6-8-10-11-12-13-14-15-16-17-18-19-20-21-22-23-24-25-26-27-28-29-30-31-32-33-34-35-36-37-38-39-40-41-42-44-46-52(56)53-50(51(55)45-43-9-7-2)49-60-61(57,58)59-48-47-54(3,4)5/h43,45,50-51,55H,6-42,44,46-49H2,1-5H3,(H-,53,56,57,58)/p+1/b45-43+. The number of carbonyl (C=O) groups is 1. The highest BCUT2D eigenvalue weighted by molar-refractivity contribution is 7.47. The van der Waals surface area contributed by atoms with E-state index in [1.165, 1.54) is 212 Å². The number of amides is 1. The summed E-state index contributed by atoms with van der Waals surface area (Å²) in [5.74, 6) is -0.184. The highest BCUT2D eigenvalue weighted by Crippen LogP contribution is 2.43. The van der Waals surface area contributed by atoms with E-state index in [2.05, 4.69) is 12.2 Å². The smallest absolute Gasteiger partial charge is 0.387 e. The molecule has 0 rings (SSSR count). The molecule has 3 N–H and O–H groups in total. The van der Waals surface area contributed by atoms with Gasteiger partial charge in [-0.2, -0.15) is 0 Å². The number of nitrogens with zero attached hydrogens (tertiary/aromatic N) is 1. The van der Waals surface area contributed by atoms with Crippen LogP contribution in [0.4, 0.5) is 0 Å². The first kappa shape index (κ1) is 60.2. The van der Waals surface area contributed by atoms with Crippen molar-refractivity contribution in [3.8, 4) is 0 Å². The van der Waals surface area contributed by atoms with Crippen LogP contribution < -0.4 is 5.32 Å². The molecule has 61 heavy (non-hydrogen) atoms. The normalized spacial score (nSPS) is 14.1. The molecule has 0 saturated heterocycles. The number of phosphoric acid groups is 1. The fourth-order valence-corrected chi connectivity index (χ4v) is 8.79. The molecule has 0 aliphatic heterocycles. The van der Waals surface area contributed by atoms with Crippen LogP contribution in [0.1, 0.15) is 264 Å². The Balaban J connectivity index is 3.59.